The molecule has 32 heavy (non-hydrogen) atoms. The molecule has 0 N–H and O–H groups in total. The van der Waals surface area contributed by atoms with Gasteiger partial charge in [0.25, 0.3) is 0 Å². The summed E-state index contributed by atoms with van der Waals surface area (Å²) in [5.41, 5.74) is 5.51. The third-order valence-electron chi connectivity index (χ3n) is 6.51. The number of carbonyl (C=O) groups is 2. The molecule has 2 aliphatic heterocycles. The van der Waals surface area contributed by atoms with Gasteiger partial charge in [0.15, 0.2) is 0 Å². The number of rotatable bonds is 5. The lowest BCUT2D eigenvalue weighted by atomic mass is 9.96. The molecular weight excluding hydrogens is 402 g/mol. The van der Waals surface area contributed by atoms with Crippen LogP contribution in [0.4, 0.5) is 5.69 Å². The van der Waals surface area contributed by atoms with Crippen LogP contribution in [0.5, 0.6) is 0 Å². The average Bonchev–Trinajstić information content (AvgIpc) is 3.26. The van der Waals surface area contributed by atoms with Gasteiger partial charge in [0, 0.05) is 48.4 Å². The summed E-state index contributed by atoms with van der Waals surface area (Å²) in [6.45, 7) is 5.43. The summed E-state index contributed by atoms with van der Waals surface area (Å²) in [5, 5.41) is 0.814. The maximum Gasteiger partial charge on any atom is 0.339 e. The van der Waals surface area contributed by atoms with Crippen molar-refractivity contribution < 1.29 is 14.3 Å². The first-order valence-corrected chi connectivity index (χ1v) is 11.3. The Hall–Kier alpha value is -3.25. The van der Waals surface area contributed by atoms with Gasteiger partial charge in [-0.15, -0.1) is 0 Å². The molecule has 164 valence electrons. The van der Waals surface area contributed by atoms with Crippen LogP contribution in [0.3, 0.4) is 0 Å². The normalized spacial score (nSPS) is 15.5. The van der Waals surface area contributed by atoms with Crippen molar-refractivity contribution in [2.75, 3.05) is 31.1 Å². The van der Waals surface area contributed by atoms with Crippen LogP contribution in [-0.2, 0) is 28.9 Å². The first kappa shape index (κ1) is 20.6. The van der Waals surface area contributed by atoms with Crippen LogP contribution in [-0.4, -0.2) is 48.0 Å². The van der Waals surface area contributed by atoms with Crippen LogP contribution in [0, 0.1) is 0 Å². The number of hydrogen-bond donors (Lipinski definition) is 0. The standard InChI is InChI=1S/C26H27N3O3/c1-2-28-14-12-22-20(17-28)25(19-8-4-5-9-21(19)27-22)26(31)32-16-13-24(30)29-15-11-18-7-3-6-10-23(18)29/h3-10H,2,11-17H2,1H3. The van der Waals surface area contributed by atoms with Gasteiger partial charge in [-0.3, -0.25) is 14.7 Å². The molecule has 0 spiro atoms. The van der Waals surface area contributed by atoms with Crippen molar-refractivity contribution >= 4 is 28.5 Å². The first-order valence-electron chi connectivity index (χ1n) is 11.3. The molecule has 0 saturated heterocycles. The Morgan fingerprint density at radius 3 is 2.72 bits per heavy atom. The fourth-order valence-electron chi connectivity index (χ4n) is 4.78. The zero-order chi connectivity index (χ0) is 22.1. The highest BCUT2D eigenvalue weighted by molar-refractivity contribution is 6.05. The second kappa shape index (κ2) is 8.71. The minimum Gasteiger partial charge on any atom is -0.462 e. The molecule has 3 heterocycles. The molecule has 0 fully saturated rings. The van der Waals surface area contributed by atoms with Gasteiger partial charge in [0.2, 0.25) is 5.91 Å². The van der Waals surface area contributed by atoms with Gasteiger partial charge in [-0.2, -0.15) is 0 Å². The number of anilines is 1. The van der Waals surface area contributed by atoms with E-state index in [1.54, 1.807) is 4.90 Å². The summed E-state index contributed by atoms with van der Waals surface area (Å²) in [4.78, 5) is 34.9. The molecule has 2 aliphatic rings. The summed E-state index contributed by atoms with van der Waals surface area (Å²) in [6.07, 6.45) is 1.86. The number of esters is 1. The second-order valence-corrected chi connectivity index (χ2v) is 8.36. The lowest BCUT2D eigenvalue weighted by molar-refractivity contribution is -0.119. The number of aromatic nitrogens is 1. The maximum absolute atomic E-state index is 13.2. The smallest absolute Gasteiger partial charge is 0.339 e. The molecule has 1 amide bonds. The number of ether oxygens (including phenoxy) is 1. The van der Waals surface area contributed by atoms with Crippen LogP contribution in [0.25, 0.3) is 10.9 Å². The fourth-order valence-corrected chi connectivity index (χ4v) is 4.78. The molecule has 6 heteroatoms. The molecule has 0 bridgehead atoms. The highest BCUT2D eigenvalue weighted by Crippen LogP contribution is 2.30. The number of likely N-dealkylation sites (N-methyl/N-ethyl adjacent to an activating group) is 1. The van der Waals surface area contributed by atoms with Crippen molar-refractivity contribution in [1.29, 1.82) is 0 Å². The van der Waals surface area contributed by atoms with E-state index in [0.717, 1.165) is 53.8 Å². The number of hydrogen-bond acceptors (Lipinski definition) is 5. The van der Waals surface area contributed by atoms with Crippen LogP contribution in [0.15, 0.2) is 48.5 Å². The fraction of sp³-hybridized carbons (Fsp3) is 0.346. The topological polar surface area (TPSA) is 62.7 Å². The minimum atomic E-state index is -0.368. The summed E-state index contributed by atoms with van der Waals surface area (Å²) in [7, 11) is 0. The highest BCUT2D eigenvalue weighted by Gasteiger charge is 2.27. The minimum absolute atomic E-state index is 0.0125. The largest absolute Gasteiger partial charge is 0.462 e. The van der Waals surface area contributed by atoms with E-state index < -0.39 is 0 Å². The number of fused-ring (bicyclic) bond motifs is 3. The number of para-hydroxylation sites is 2. The summed E-state index contributed by atoms with van der Waals surface area (Å²) in [6, 6.07) is 15.7. The summed E-state index contributed by atoms with van der Waals surface area (Å²) in [5.74, 6) is -0.381. The SMILES string of the molecule is CCN1CCc2nc3ccccc3c(C(=O)OCCC(=O)N3CCc4ccccc43)c2C1. The van der Waals surface area contributed by atoms with Crippen molar-refractivity contribution in [3.8, 4) is 0 Å². The summed E-state index contributed by atoms with van der Waals surface area (Å²) >= 11 is 0. The van der Waals surface area contributed by atoms with Crippen LogP contribution in [0.1, 0.15) is 40.5 Å². The van der Waals surface area contributed by atoms with E-state index in [-0.39, 0.29) is 24.9 Å². The van der Waals surface area contributed by atoms with E-state index in [1.165, 1.54) is 5.56 Å². The molecule has 0 aliphatic carbocycles. The number of amides is 1. The number of pyridine rings is 1. The van der Waals surface area contributed by atoms with Crippen molar-refractivity contribution in [1.82, 2.24) is 9.88 Å². The Morgan fingerprint density at radius 1 is 1.03 bits per heavy atom. The molecule has 0 saturated carbocycles. The van der Waals surface area contributed by atoms with E-state index in [4.69, 9.17) is 9.72 Å². The Bertz CT molecular complexity index is 1190. The molecular formula is C26H27N3O3. The van der Waals surface area contributed by atoms with Gasteiger partial charge >= 0.3 is 5.97 Å². The lowest BCUT2D eigenvalue weighted by Gasteiger charge is -2.28. The molecule has 3 aromatic rings. The molecule has 2 aromatic carbocycles. The van der Waals surface area contributed by atoms with E-state index in [0.29, 0.717) is 18.7 Å². The number of nitrogens with zero attached hydrogens (tertiary/aromatic N) is 3. The quantitative estimate of drug-likeness (QED) is 0.578. The Kier molecular flexibility index (Phi) is 5.62. The van der Waals surface area contributed by atoms with Gasteiger partial charge in [-0.05, 0) is 30.7 Å². The van der Waals surface area contributed by atoms with Gasteiger partial charge in [0.1, 0.15) is 6.61 Å². The van der Waals surface area contributed by atoms with Crippen molar-refractivity contribution in [3.63, 3.8) is 0 Å². The van der Waals surface area contributed by atoms with Crippen molar-refractivity contribution in [3.05, 3.63) is 70.9 Å². The Morgan fingerprint density at radius 2 is 1.84 bits per heavy atom. The number of benzene rings is 2. The third kappa shape index (κ3) is 3.75. The zero-order valence-electron chi connectivity index (χ0n) is 18.3. The Balaban J connectivity index is 1.34. The first-order chi connectivity index (χ1) is 15.7. The van der Waals surface area contributed by atoms with E-state index in [1.807, 2.05) is 42.5 Å². The van der Waals surface area contributed by atoms with Crippen LogP contribution in [0.2, 0.25) is 0 Å². The molecule has 0 radical (unpaired) electrons. The van der Waals surface area contributed by atoms with E-state index in [9.17, 15) is 9.59 Å². The molecule has 0 unspecified atom stereocenters. The molecule has 1 aromatic heterocycles. The monoisotopic (exact) mass is 429 g/mol. The summed E-state index contributed by atoms with van der Waals surface area (Å²) < 4.78 is 5.66. The second-order valence-electron chi connectivity index (χ2n) is 8.36. The Labute approximate surface area is 187 Å². The zero-order valence-corrected chi connectivity index (χ0v) is 18.3. The van der Waals surface area contributed by atoms with Crippen molar-refractivity contribution in [2.24, 2.45) is 0 Å². The predicted molar refractivity (Wildman–Crippen MR) is 124 cm³/mol. The maximum atomic E-state index is 13.2. The third-order valence-corrected chi connectivity index (χ3v) is 6.51. The average molecular weight is 430 g/mol. The predicted octanol–water partition coefficient (Wildman–Crippen LogP) is 3.75. The highest BCUT2D eigenvalue weighted by atomic mass is 16.5. The van der Waals surface area contributed by atoms with Crippen LogP contribution < -0.4 is 4.90 Å². The van der Waals surface area contributed by atoms with Crippen LogP contribution >= 0.6 is 0 Å². The van der Waals surface area contributed by atoms with Gasteiger partial charge in [-0.1, -0.05) is 43.3 Å². The van der Waals surface area contributed by atoms with E-state index in [2.05, 4.69) is 17.9 Å². The molecule has 5 rings (SSSR count). The molecule has 6 nitrogen and oxygen atoms in total. The molecule has 0 atom stereocenters. The van der Waals surface area contributed by atoms with E-state index >= 15 is 0 Å². The number of carbonyl (C=O) groups excluding carboxylic acids is 2. The lowest BCUT2D eigenvalue weighted by Crippen LogP contribution is -2.33. The van der Waals surface area contributed by atoms with Crippen molar-refractivity contribution in [2.45, 2.75) is 32.7 Å². The van der Waals surface area contributed by atoms with Gasteiger partial charge in [0.05, 0.1) is 17.5 Å². The van der Waals surface area contributed by atoms with Gasteiger partial charge in [-0.25, -0.2) is 4.79 Å². The van der Waals surface area contributed by atoms with Gasteiger partial charge < -0.3 is 9.64 Å².